The zero-order valence-corrected chi connectivity index (χ0v) is 19.4. The van der Waals surface area contributed by atoms with Crippen molar-refractivity contribution in [1.82, 2.24) is 10.6 Å². The quantitative estimate of drug-likeness (QED) is 0.355. The summed E-state index contributed by atoms with van der Waals surface area (Å²) in [6.45, 7) is 5.84. The Labute approximate surface area is 194 Å². The Hall–Kier alpha value is -3.14. The number of rotatable bonds is 11. The molecule has 6 heteroatoms. The van der Waals surface area contributed by atoms with Crippen LogP contribution in [0.1, 0.15) is 31.4 Å². The first-order valence-electron chi connectivity index (χ1n) is 10.9. The maximum atomic E-state index is 12.5. The van der Waals surface area contributed by atoms with Gasteiger partial charge in [0.05, 0.1) is 11.8 Å². The zero-order valence-electron chi connectivity index (χ0n) is 18.6. The van der Waals surface area contributed by atoms with E-state index in [1.54, 1.807) is 11.3 Å². The predicted octanol–water partition coefficient (Wildman–Crippen LogP) is 5.17. The first-order chi connectivity index (χ1) is 15.6. The average Bonchev–Trinajstić information content (AvgIpc) is 3.26. The first-order valence-corrected chi connectivity index (χ1v) is 11.8. The molecule has 1 amide bonds. The molecule has 3 N–H and O–H groups in total. The third-order valence-corrected chi connectivity index (χ3v) is 5.87. The van der Waals surface area contributed by atoms with E-state index in [0.717, 1.165) is 29.9 Å². The number of carbonyl (C=O) groups excluding carboxylic acids is 1. The van der Waals surface area contributed by atoms with E-state index in [2.05, 4.69) is 83.7 Å². The van der Waals surface area contributed by atoms with Gasteiger partial charge in [-0.1, -0.05) is 68.4 Å². The summed E-state index contributed by atoms with van der Waals surface area (Å²) in [4.78, 5) is 12.5. The minimum Gasteiger partial charge on any atom is -0.372 e. The molecule has 32 heavy (non-hydrogen) atoms. The van der Waals surface area contributed by atoms with E-state index in [-0.39, 0.29) is 18.5 Å². The molecule has 5 nitrogen and oxygen atoms in total. The molecule has 3 aromatic rings. The zero-order chi connectivity index (χ0) is 22.8. The second kappa shape index (κ2) is 12.0. The summed E-state index contributed by atoms with van der Waals surface area (Å²) in [6, 6.07) is 20.5. The van der Waals surface area contributed by atoms with Crippen molar-refractivity contribution in [3.05, 3.63) is 76.5 Å². The normalized spacial score (nSPS) is 11.7. The molecule has 166 valence electrons. The summed E-state index contributed by atoms with van der Waals surface area (Å²) < 4.78 is 0. The third kappa shape index (κ3) is 6.94. The van der Waals surface area contributed by atoms with Gasteiger partial charge in [-0.15, -0.1) is 11.3 Å². The van der Waals surface area contributed by atoms with Crippen molar-refractivity contribution < 1.29 is 4.79 Å². The fourth-order valence-electron chi connectivity index (χ4n) is 3.52. The van der Waals surface area contributed by atoms with Crippen LogP contribution in [0.2, 0.25) is 0 Å². The lowest BCUT2D eigenvalue weighted by atomic mass is 10.0. The minimum absolute atomic E-state index is 0.0192. The van der Waals surface area contributed by atoms with Gasteiger partial charge < -0.3 is 16.0 Å². The number of hydrogen-bond donors (Lipinski definition) is 3. The van der Waals surface area contributed by atoms with Crippen LogP contribution in [0.15, 0.2) is 65.4 Å². The standard InChI is InChI=1S/C26H30N4OS/c1-19(2)14-24(26(31)29-13-12-27)30-25-18-32-17-23(25)22-10-8-21(9-11-22)16-28-15-20-6-4-3-5-7-20/h3-11,17-19,24,28,30H,13-16H2,1-2H3,(H,29,31)/t24-/m0/s1. The molecule has 0 aliphatic rings. The Morgan fingerprint density at radius 3 is 2.34 bits per heavy atom. The molecule has 0 bridgehead atoms. The fourth-order valence-corrected chi connectivity index (χ4v) is 4.32. The number of anilines is 1. The molecule has 3 rings (SSSR count). The second-order valence-corrected chi connectivity index (χ2v) is 8.93. The Balaban J connectivity index is 1.64. The molecule has 0 saturated heterocycles. The number of nitrogens with one attached hydrogen (secondary N) is 3. The highest BCUT2D eigenvalue weighted by Crippen LogP contribution is 2.33. The molecular weight excluding hydrogens is 416 g/mol. The van der Waals surface area contributed by atoms with Gasteiger partial charge in [-0.05, 0) is 29.0 Å². The van der Waals surface area contributed by atoms with Crippen molar-refractivity contribution >= 4 is 22.9 Å². The fraction of sp³-hybridized carbons (Fsp3) is 0.308. The van der Waals surface area contributed by atoms with Crippen LogP contribution < -0.4 is 16.0 Å². The molecule has 0 spiro atoms. The van der Waals surface area contributed by atoms with Gasteiger partial charge in [0.1, 0.15) is 12.6 Å². The molecule has 0 radical (unpaired) electrons. The first kappa shape index (κ1) is 23.5. The van der Waals surface area contributed by atoms with Gasteiger partial charge in [0.25, 0.3) is 0 Å². The monoisotopic (exact) mass is 446 g/mol. The number of nitrogens with zero attached hydrogens (tertiary/aromatic N) is 1. The summed E-state index contributed by atoms with van der Waals surface area (Å²) in [5.74, 6) is 0.210. The summed E-state index contributed by atoms with van der Waals surface area (Å²) in [5.41, 5.74) is 5.64. The van der Waals surface area contributed by atoms with E-state index in [1.165, 1.54) is 11.1 Å². The molecule has 0 fully saturated rings. The van der Waals surface area contributed by atoms with Crippen molar-refractivity contribution in [1.29, 1.82) is 5.26 Å². The van der Waals surface area contributed by atoms with Gasteiger partial charge in [0.2, 0.25) is 5.91 Å². The molecule has 1 heterocycles. The largest absolute Gasteiger partial charge is 0.372 e. The smallest absolute Gasteiger partial charge is 0.243 e. The molecule has 0 aliphatic carbocycles. The lowest BCUT2D eigenvalue weighted by Crippen LogP contribution is -2.40. The van der Waals surface area contributed by atoms with Gasteiger partial charge in [-0.25, -0.2) is 0 Å². The Morgan fingerprint density at radius 2 is 1.69 bits per heavy atom. The van der Waals surface area contributed by atoms with E-state index in [1.807, 2.05) is 17.5 Å². The molecule has 1 aromatic heterocycles. The highest BCUT2D eigenvalue weighted by atomic mass is 32.1. The van der Waals surface area contributed by atoms with Crippen LogP contribution >= 0.6 is 11.3 Å². The summed E-state index contributed by atoms with van der Waals surface area (Å²) >= 11 is 1.61. The molecule has 2 aromatic carbocycles. The van der Waals surface area contributed by atoms with Gasteiger partial charge >= 0.3 is 0 Å². The highest BCUT2D eigenvalue weighted by molar-refractivity contribution is 7.08. The summed E-state index contributed by atoms with van der Waals surface area (Å²) in [5, 5.41) is 22.5. The average molecular weight is 447 g/mol. The van der Waals surface area contributed by atoms with E-state index in [9.17, 15) is 4.79 Å². The maximum Gasteiger partial charge on any atom is 0.243 e. The van der Waals surface area contributed by atoms with Gasteiger partial charge in [-0.2, -0.15) is 5.26 Å². The third-order valence-electron chi connectivity index (χ3n) is 5.12. The number of amides is 1. The van der Waals surface area contributed by atoms with Crippen molar-refractivity contribution in [2.45, 2.75) is 39.4 Å². The van der Waals surface area contributed by atoms with Crippen LogP contribution in [0.25, 0.3) is 11.1 Å². The van der Waals surface area contributed by atoms with Crippen LogP contribution in [0.3, 0.4) is 0 Å². The van der Waals surface area contributed by atoms with Crippen molar-refractivity contribution in [3.63, 3.8) is 0 Å². The molecular formula is C26H30N4OS. The molecule has 0 aliphatic heterocycles. The molecule has 1 atom stereocenters. The lowest BCUT2D eigenvalue weighted by Gasteiger charge is -2.21. The van der Waals surface area contributed by atoms with E-state index in [0.29, 0.717) is 12.3 Å². The Morgan fingerprint density at radius 1 is 1.00 bits per heavy atom. The minimum atomic E-state index is -0.377. The lowest BCUT2D eigenvalue weighted by molar-refractivity contribution is -0.121. The summed E-state index contributed by atoms with van der Waals surface area (Å²) in [6.07, 6.45) is 0.693. The van der Waals surface area contributed by atoms with Gasteiger partial charge in [0.15, 0.2) is 0 Å². The Bertz CT molecular complexity index is 1020. The number of hydrogen-bond acceptors (Lipinski definition) is 5. The summed E-state index contributed by atoms with van der Waals surface area (Å²) in [7, 11) is 0. The van der Waals surface area contributed by atoms with Crippen molar-refractivity contribution in [3.8, 4) is 17.2 Å². The van der Waals surface area contributed by atoms with E-state index in [4.69, 9.17) is 5.26 Å². The topological polar surface area (TPSA) is 76.9 Å². The van der Waals surface area contributed by atoms with Crippen LogP contribution in [0, 0.1) is 17.2 Å². The molecule has 0 unspecified atom stereocenters. The van der Waals surface area contributed by atoms with Gasteiger partial charge in [0, 0.05) is 29.4 Å². The van der Waals surface area contributed by atoms with Crippen molar-refractivity contribution in [2.75, 3.05) is 11.9 Å². The highest BCUT2D eigenvalue weighted by Gasteiger charge is 2.21. The van der Waals surface area contributed by atoms with Crippen LogP contribution in [0.4, 0.5) is 5.69 Å². The SMILES string of the molecule is CC(C)C[C@H](Nc1cscc1-c1ccc(CNCc2ccccc2)cc1)C(=O)NCC#N. The van der Waals surface area contributed by atoms with Crippen LogP contribution in [-0.4, -0.2) is 18.5 Å². The van der Waals surface area contributed by atoms with E-state index >= 15 is 0 Å². The number of benzene rings is 2. The molecule has 0 saturated carbocycles. The van der Waals surface area contributed by atoms with Crippen LogP contribution in [-0.2, 0) is 17.9 Å². The number of thiophene rings is 1. The van der Waals surface area contributed by atoms with Gasteiger partial charge in [-0.3, -0.25) is 4.79 Å². The Kier molecular flexibility index (Phi) is 8.85. The van der Waals surface area contributed by atoms with Crippen LogP contribution in [0.5, 0.6) is 0 Å². The van der Waals surface area contributed by atoms with E-state index < -0.39 is 0 Å². The number of nitriles is 1. The maximum absolute atomic E-state index is 12.5. The number of carbonyl (C=O) groups is 1. The second-order valence-electron chi connectivity index (χ2n) is 8.19. The van der Waals surface area contributed by atoms with Crippen molar-refractivity contribution in [2.24, 2.45) is 5.92 Å². The predicted molar refractivity (Wildman–Crippen MR) is 132 cm³/mol.